The Labute approximate surface area is 97.0 Å². The number of alkyl halides is 3. The highest BCUT2D eigenvalue weighted by Gasteiger charge is 2.38. The molecule has 5 nitrogen and oxygen atoms in total. The van der Waals surface area contributed by atoms with Crippen molar-refractivity contribution >= 4 is 10.0 Å². The van der Waals surface area contributed by atoms with Crippen molar-refractivity contribution in [2.45, 2.75) is 31.2 Å². The lowest BCUT2D eigenvalue weighted by atomic mass is 10.3. The monoisotopic (exact) mass is 277 g/mol. The maximum atomic E-state index is 11.9. The van der Waals surface area contributed by atoms with Crippen molar-refractivity contribution in [1.82, 2.24) is 4.72 Å². The van der Waals surface area contributed by atoms with Gasteiger partial charge in [0.15, 0.2) is 6.10 Å². The van der Waals surface area contributed by atoms with Gasteiger partial charge in [-0.3, -0.25) is 0 Å². The molecule has 0 aromatic heterocycles. The van der Waals surface area contributed by atoms with Crippen molar-refractivity contribution in [2.75, 3.05) is 18.9 Å². The highest BCUT2D eigenvalue weighted by atomic mass is 32.2. The second-order valence-corrected chi connectivity index (χ2v) is 5.67. The Morgan fingerprint density at radius 1 is 1.47 bits per heavy atom. The van der Waals surface area contributed by atoms with Crippen molar-refractivity contribution in [3.8, 4) is 0 Å². The molecule has 0 aliphatic carbocycles. The van der Waals surface area contributed by atoms with E-state index in [2.05, 4.69) is 0 Å². The number of ether oxygens (including phenoxy) is 1. The summed E-state index contributed by atoms with van der Waals surface area (Å²) in [5.74, 6) is -0.377. The van der Waals surface area contributed by atoms with E-state index in [4.69, 9.17) is 9.84 Å². The van der Waals surface area contributed by atoms with E-state index in [1.54, 1.807) is 4.72 Å². The molecule has 0 amide bonds. The van der Waals surface area contributed by atoms with Gasteiger partial charge in [0.2, 0.25) is 10.0 Å². The maximum Gasteiger partial charge on any atom is 0.415 e. The van der Waals surface area contributed by atoms with Crippen LogP contribution in [-0.2, 0) is 14.8 Å². The van der Waals surface area contributed by atoms with Gasteiger partial charge >= 0.3 is 6.18 Å². The summed E-state index contributed by atoms with van der Waals surface area (Å²) in [6, 6.07) is 0. The number of nitrogens with one attached hydrogen (secondary N) is 1. The van der Waals surface area contributed by atoms with Crippen LogP contribution in [0.4, 0.5) is 13.2 Å². The van der Waals surface area contributed by atoms with Gasteiger partial charge in [-0.05, 0) is 12.8 Å². The zero-order valence-electron chi connectivity index (χ0n) is 8.90. The summed E-state index contributed by atoms with van der Waals surface area (Å²) in [6.07, 6.45) is -6.68. The average molecular weight is 277 g/mol. The summed E-state index contributed by atoms with van der Waals surface area (Å²) in [7, 11) is -3.86. The van der Waals surface area contributed by atoms with Crippen LogP contribution in [0, 0.1) is 0 Å². The fraction of sp³-hybridized carbons (Fsp3) is 1.00. The van der Waals surface area contributed by atoms with Gasteiger partial charge in [-0.2, -0.15) is 13.2 Å². The Hall–Kier alpha value is -0.380. The lowest BCUT2D eigenvalue weighted by Crippen LogP contribution is -2.42. The summed E-state index contributed by atoms with van der Waals surface area (Å²) in [5, 5.41) is 8.63. The number of rotatable bonds is 5. The van der Waals surface area contributed by atoms with E-state index in [-0.39, 0.29) is 5.75 Å². The lowest BCUT2D eigenvalue weighted by molar-refractivity contribution is -0.200. The predicted molar refractivity (Wildman–Crippen MR) is 52.8 cm³/mol. The van der Waals surface area contributed by atoms with Crippen molar-refractivity contribution < 1.29 is 31.4 Å². The number of sulfonamides is 1. The van der Waals surface area contributed by atoms with Gasteiger partial charge < -0.3 is 9.84 Å². The highest BCUT2D eigenvalue weighted by Crippen LogP contribution is 2.19. The normalized spacial score (nSPS) is 23.9. The van der Waals surface area contributed by atoms with Gasteiger partial charge in [0.25, 0.3) is 0 Å². The van der Waals surface area contributed by atoms with E-state index < -0.39 is 35.0 Å². The van der Waals surface area contributed by atoms with Crippen LogP contribution in [0.5, 0.6) is 0 Å². The fourth-order valence-electron chi connectivity index (χ4n) is 1.40. The van der Waals surface area contributed by atoms with E-state index in [1.165, 1.54) is 0 Å². The minimum atomic E-state index is -4.83. The number of aliphatic hydroxyl groups excluding tert-OH is 1. The largest absolute Gasteiger partial charge is 0.415 e. The molecule has 0 aromatic carbocycles. The van der Waals surface area contributed by atoms with E-state index in [0.29, 0.717) is 13.0 Å². The molecule has 1 aliphatic heterocycles. The third-order valence-electron chi connectivity index (χ3n) is 2.30. The average Bonchev–Trinajstić information content (AvgIpc) is 2.64. The molecule has 1 fully saturated rings. The molecule has 0 bridgehead atoms. The van der Waals surface area contributed by atoms with Gasteiger partial charge in [0.05, 0.1) is 11.9 Å². The molecule has 1 heterocycles. The zero-order valence-corrected chi connectivity index (χ0v) is 9.72. The smallest absolute Gasteiger partial charge is 0.382 e. The molecule has 2 unspecified atom stereocenters. The molecule has 17 heavy (non-hydrogen) atoms. The molecule has 102 valence electrons. The fourth-order valence-corrected chi connectivity index (χ4v) is 2.68. The molecule has 1 saturated heterocycles. The first kappa shape index (κ1) is 14.7. The molecule has 2 atom stereocenters. The van der Waals surface area contributed by atoms with Crippen LogP contribution in [0.1, 0.15) is 12.8 Å². The number of hydrogen-bond acceptors (Lipinski definition) is 4. The summed E-state index contributed by atoms with van der Waals surface area (Å²) >= 11 is 0. The Bertz CT molecular complexity index is 337. The Balaban J connectivity index is 2.39. The SMILES string of the molecule is O=S(=O)(CC1CCCO1)NCC(O)C(F)(F)F. The number of hydrogen-bond donors (Lipinski definition) is 2. The first-order valence-corrected chi connectivity index (χ1v) is 6.69. The standard InChI is InChI=1S/C8H14F3NO4S/c9-8(10,11)7(13)4-12-17(14,15)5-6-2-1-3-16-6/h6-7,12-13H,1-5H2. The molecule has 1 aliphatic rings. The summed E-state index contributed by atoms with van der Waals surface area (Å²) in [5.41, 5.74) is 0. The summed E-state index contributed by atoms with van der Waals surface area (Å²) < 4.78 is 65.2. The van der Waals surface area contributed by atoms with Crippen molar-refractivity contribution in [1.29, 1.82) is 0 Å². The van der Waals surface area contributed by atoms with Gasteiger partial charge in [-0.15, -0.1) is 0 Å². The zero-order chi connectivity index (χ0) is 13.1. The van der Waals surface area contributed by atoms with Crippen molar-refractivity contribution in [3.05, 3.63) is 0 Å². The summed E-state index contributed by atoms with van der Waals surface area (Å²) in [4.78, 5) is 0. The van der Waals surface area contributed by atoms with E-state index >= 15 is 0 Å². The van der Waals surface area contributed by atoms with Crippen LogP contribution >= 0.6 is 0 Å². The molecule has 2 N–H and O–H groups in total. The second-order valence-electron chi connectivity index (χ2n) is 3.82. The first-order chi connectivity index (χ1) is 7.71. The predicted octanol–water partition coefficient (Wildman–Crippen LogP) is 0.00800. The second kappa shape index (κ2) is 5.51. The molecular weight excluding hydrogens is 263 g/mol. The highest BCUT2D eigenvalue weighted by molar-refractivity contribution is 7.89. The molecular formula is C8H14F3NO4S. The van der Waals surface area contributed by atoms with E-state index in [1.807, 2.05) is 0 Å². The Morgan fingerprint density at radius 2 is 2.12 bits per heavy atom. The topological polar surface area (TPSA) is 75.6 Å². The number of aliphatic hydroxyl groups is 1. The van der Waals surface area contributed by atoms with Gasteiger partial charge in [0.1, 0.15) is 0 Å². The van der Waals surface area contributed by atoms with Gasteiger partial charge in [-0.1, -0.05) is 0 Å². The summed E-state index contributed by atoms with van der Waals surface area (Å²) in [6.45, 7) is -0.607. The van der Waals surface area contributed by atoms with Crippen molar-refractivity contribution in [2.24, 2.45) is 0 Å². The number of halogens is 3. The molecule has 0 spiro atoms. The minimum Gasteiger partial charge on any atom is -0.382 e. The van der Waals surface area contributed by atoms with Crippen LogP contribution < -0.4 is 4.72 Å². The van der Waals surface area contributed by atoms with E-state index in [0.717, 1.165) is 6.42 Å². The Kier molecular flexibility index (Phi) is 4.76. The lowest BCUT2D eigenvalue weighted by Gasteiger charge is -2.16. The van der Waals surface area contributed by atoms with Crippen LogP contribution in [0.3, 0.4) is 0 Å². The van der Waals surface area contributed by atoms with E-state index in [9.17, 15) is 21.6 Å². The Morgan fingerprint density at radius 3 is 2.59 bits per heavy atom. The van der Waals surface area contributed by atoms with Gasteiger partial charge in [-0.25, -0.2) is 13.1 Å². The first-order valence-electron chi connectivity index (χ1n) is 5.04. The molecule has 9 heteroatoms. The van der Waals surface area contributed by atoms with Crippen LogP contribution in [0.2, 0.25) is 0 Å². The minimum absolute atomic E-state index is 0.377. The third kappa shape index (κ3) is 5.19. The molecule has 0 saturated carbocycles. The van der Waals surface area contributed by atoms with Crippen LogP contribution in [-0.4, -0.2) is 50.8 Å². The van der Waals surface area contributed by atoms with Gasteiger partial charge in [0, 0.05) is 13.2 Å². The third-order valence-corrected chi connectivity index (χ3v) is 3.72. The molecule has 1 rings (SSSR count). The molecule has 0 aromatic rings. The van der Waals surface area contributed by atoms with Crippen LogP contribution in [0.15, 0.2) is 0 Å². The quantitative estimate of drug-likeness (QED) is 0.742. The maximum absolute atomic E-state index is 11.9. The van der Waals surface area contributed by atoms with Crippen LogP contribution in [0.25, 0.3) is 0 Å². The van der Waals surface area contributed by atoms with Crippen molar-refractivity contribution in [3.63, 3.8) is 0 Å². The molecule has 0 radical (unpaired) electrons.